The Morgan fingerprint density at radius 1 is 1.06 bits per heavy atom. The highest BCUT2D eigenvalue weighted by atomic mass is 16.5. The van der Waals surface area contributed by atoms with Crippen LogP contribution in [0.1, 0.15) is 5.56 Å². The zero-order valence-corrected chi connectivity index (χ0v) is 17.7. The van der Waals surface area contributed by atoms with Crippen molar-refractivity contribution in [2.45, 2.75) is 6.92 Å². The summed E-state index contributed by atoms with van der Waals surface area (Å²) >= 11 is 0. The number of anilines is 3. The van der Waals surface area contributed by atoms with Crippen LogP contribution in [0.4, 0.5) is 17.2 Å². The van der Waals surface area contributed by atoms with E-state index >= 15 is 0 Å². The molecule has 0 radical (unpaired) electrons. The van der Waals surface area contributed by atoms with Gasteiger partial charge in [-0.05, 0) is 61.0 Å². The number of benzene rings is 2. The fourth-order valence-corrected chi connectivity index (χ4v) is 3.37. The van der Waals surface area contributed by atoms with Gasteiger partial charge in [0.2, 0.25) is 11.8 Å². The molecule has 1 amide bonds. The fraction of sp³-hybridized carbons (Fsp3) is 0.0417. The van der Waals surface area contributed by atoms with E-state index in [1.54, 1.807) is 29.0 Å². The molecule has 0 saturated carbocycles. The van der Waals surface area contributed by atoms with Crippen molar-refractivity contribution in [1.29, 1.82) is 0 Å². The van der Waals surface area contributed by atoms with Crippen LogP contribution in [0.25, 0.3) is 16.6 Å². The lowest BCUT2D eigenvalue weighted by Gasteiger charge is -2.12. The van der Waals surface area contributed by atoms with E-state index in [2.05, 4.69) is 37.3 Å². The molecule has 33 heavy (non-hydrogen) atoms. The molecule has 2 aromatic carbocycles. The third kappa shape index (κ3) is 4.19. The van der Waals surface area contributed by atoms with Crippen LogP contribution in [0.2, 0.25) is 0 Å². The average Bonchev–Trinajstić information content (AvgIpc) is 3.29. The molecule has 3 aromatic heterocycles. The minimum atomic E-state index is -0.284. The van der Waals surface area contributed by atoms with E-state index in [9.17, 15) is 4.79 Å². The first-order valence-corrected chi connectivity index (χ1v) is 10.1. The van der Waals surface area contributed by atoms with Crippen LogP contribution in [0.3, 0.4) is 0 Å². The molecule has 9 heteroatoms. The van der Waals surface area contributed by atoms with Crippen LogP contribution in [0, 0.1) is 6.92 Å². The summed E-state index contributed by atoms with van der Waals surface area (Å²) in [5, 5.41) is 11.2. The minimum Gasteiger partial charge on any atom is -0.437 e. The highest BCUT2D eigenvalue weighted by Crippen LogP contribution is 2.30. The number of imidazole rings is 1. The van der Waals surface area contributed by atoms with Crippen molar-refractivity contribution in [3.63, 3.8) is 0 Å². The second-order valence-corrected chi connectivity index (χ2v) is 7.26. The quantitative estimate of drug-likeness (QED) is 0.373. The van der Waals surface area contributed by atoms with Gasteiger partial charge in [0, 0.05) is 35.2 Å². The molecule has 0 bridgehead atoms. The number of aryl methyl sites for hydroxylation is 1. The third-order valence-electron chi connectivity index (χ3n) is 4.97. The first-order chi connectivity index (χ1) is 16.1. The Balaban J connectivity index is 1.40. The molecule has 0 aliphatic carbocycles. The third-order valence-corrected chi connectivity index (χ3v) is 4.97. The van der Waals surface area contributed by atoms with E-state index in [1.165, 1.54) is 12.4 Å². The molecular formula is C24H19N7O2. The Morgan fingerprint density at radius 2 is 1.94 bits per heavy atom. The number of aromatic nitrogens is 5. The number of nitrogens with zero attached hydrogens (tertiary/aromatic N) is 5. The van der Waals surface area contributed by atoms with Crippen molar-refractivity contribution in [3.8, 4) is 11.6 Å². The summed E-state index contributed by atoms with van der Waals surface area (Å²) in [6.07, 6.45) is 6.17. The van der Waals surface area contributed by atoms with Crippen molar-refractivity contribution >= 4 is 39.6 Å². The number of rotatable bonds is 6. The van der Waals surface area contributed by atoms with Crippen LogP contribution in [0.15, 0.2) is 79.9 Å². The van der Waals surface area contributed by atoms with E-state index in [0.717, 1.165) is 27.8 Å². The maximum Gasteiger partial charge on any atom is 0.247 e. The van der Waals surface area contributed by atoms with Gasteiger partial charge >= 0.3 is 0 Å². The molecule has 0 fully saturated rings. The van der Waals surface area contributed by atoms with E-state index in [4.69, 9.17) is 4.74 Å². The number of amides is 1. The number of hydrogen-bond acceptors (Lipinski definition) is 7. The largest absolute Gasteiger partial charge is 0.437 e. The van der Waals surface area contributed by atoms with Crippen LogP contribution >= 0.6 is 0 Å². The molecule has 0 spiro atoms. The van der Waals surface area contributed by atoms with Gasteiger partial charge in [-0.3, -0.25) is 4.79 Å². The summed E-state index contributed by atoms with van der Waals surface area (Å²) in [4.78, 5) is 24.5. The van der Waals surface area contributed by atoms with Crippen LogP contribution < -0.4 is 15.4 Å². The summed E-state index contributed by atoms with van der Waals surface area (Å²) in [5.74, 6) is 1.50. The first kappa shape index (κ1) is 20.1. The van der Waals surface area contributed by atoms with Gasteiger partial charge in [-0.25, -0.2) is 19.5 Å². The fourth-order valence-electron chi connectivity index (χ4n) is 3.37. The summed E-state index contributed by atoms with van der Waals surface area (Å²) in [7, 11) is 0. The smallest absolute Gasteiger partial charge is 0.247 e. The SMILES string of the molecule is C=CC(=O)Nc1ccc2ncnc(Nc3ccc(Oc4ccc5nccn5n4)c(C)c3)c2c1. The van der Waals surface area contributed by atoms with Crippen LogP contribution in [-0.2, 0) is 4.79 Å². The van der Waals surface area contributed by atoms with Crippen LogP contribution in [-0.4, -0.2) is 30.5 Å². The molecule has 3 heterocycles. The monoisotopic (exact) mass is 437 g/mol. The number of ether oxygens (including phenoxy) is 1. The van der Waals surface area contributed by atoms with E-state index in [1.807, 2.05) is 43.3 Å². The number of fused-ring (bicyclic) bond motifs is 2. The second-order valence-electron chi connectivity index (χ2n) is 7.26. The van der Waals surface area contributed by atoms with Crippen LogP contribution in [0.5, 0.6) is 11.6 Å². The lowest BCUT2D eigenvalue weighted by Crippen LogP contribution is -2.07. The topological polar surface area (TPSA) is 106 Å². The zero-order chi connectivity index (χ0) is 22.8. The van der Waals surface area contributed by atoms with E-state index in [-0.39, 0.29) is 5.91 Å². The standard InChI is InChI=1S/C24H19N7O2/c1-3-22(32)28-17-4-6-19-18(13-17)24(27-14-26-19)29-16-5-7-20(15(2)12-16)33-23-9-8-21-25-10-11-31(21)30-23/h3-14H,1H2,2H3,(H,28,32)(H,26,27,29). The Kier molecular flexibility index (Phi) is 5.12. The second kappa shape index (κ2) is 8.39. The Labute approximate surface area is 188 Å². The summed E-state index contributed by atoms with van der Waals surface area (Å²) < 4.78 is 7.62. The lowest BCUT2D eigenvalue weighted by molar-refractivity contribution is -0.111. The number of nitrogens with one attached hydrogen (secondary N) is 2. The Morgan fingerprint density at radius 3 is 2.79 bits per heavy atom. The van der Waals surface area contributed by atoms with Crippen molar-refractivity contribution in [3.05, 3.63) is 85.5 Å². The molecule has 0 saturated heterocycles. The van der Waals surface area contributed by atoms with E-state index < -0.39 is 0 Å². The zero-order valence-electron chi connectivity index (χ0n) is 17.7. The molecule has 5 aromatic rings. The van der Waals surface area contributed by atoms with Crippen molar-refractivity contribution in [2.75, 3.05) is 10.6 Å². The molecule has 9 nitrogen and oxygen atoms in total. The van der Waals surface area contributed by atoms with E-state index in [0.29, 0.717) is 23.1 Å². The Bertz CT molecular complexity index is 1510. The number of hydrogen-bond donors (Lipinski definition) is 2. The summed E-state index contributed by atoms with van der Waals surface area (Å²) in [6.45, 7) is 5.43. The van der Waals surface area contributed by atoms with Gasteiger partial charge in [0.15, 0.2) is 5.65 Å². The molecule has 5 rings (SSSR count). The Hall–Kier alpha value is -4.79. The average molecular weight is 437 g/mol. The van der Waals surface area contributed by atoms with Crippen molar-refractivity contribution < 1.29 is 9.53 Å². The van der Waals surface area contributed by atoms with Crippen molar-refractivity contribution in [2.24, 2.45) is 0 Å². The van der Waals surface area contributed by atoms with Gasteiger partial charge in [0.1, 0.15) is 17.9 Å². The van der Waals surface area contributed by atoms with Gasteiger partial charge < -0.3 is 15.4 Å². The van der Waals surface area contributed by atoms with Gasteiger partial charge in [-0.2, -0.15) is 0 Å². The van der Waals surface area contributed by atoms with Gasteiger partial charge in [-0.15, -0.1) is 5.10 Å². The maximum atomic E-state index is 11.6. The molecule has 2 N–H and O–H groups in total. The highest BCUT2D eigenvalue weighted by Gasteiger charge is 2.09. The molecule has 0 aliphatic heterocycles. The first-order valence-electron chi connectivity index (χ1n) is 10.1. The maximum absolute atomic E-state index is 11.6. The number of carbonyl (C=O) groups is 1. The minimum absolute atomic E-state index is 0.284. The molecule has 162 valence electrons. The molecular weight excluding hydrogens is 418 g/mol. The lowest BCUT2D eigenvalue weighted by atomic mass is 10.1. The predicted molar refractivity (Wildman–Crippen MR) is 126 cm³/mol. The van der Waals surface area contributed by atoms with Crippen molar-refractivity contribution in [1.82, 2.24) is 24.6 Å². The normalized spacial score (nSPS) is 10.8. The van der Waals surface area contributed by atoms with Gasteiger partial charge in [0.25, 0.3) is 0 Å². The summed E-state index contributed by atoms with van der Waals surface area (Å²) in [5.41, 5.74) is 3.89. The molecule has 0 aliphatic rings. The molecule has 0 atom stereocenters. The number of carbonyl (C=O) groups excluding carboxylic acids is 1. The highest BCUT2D eigenvalue weighted by molar-refractivity contribution is 6.01. The van der Waals surface area contributed by atoms with Gasteiger partial charge in [-0.1, -0.05) is 6.58 Å². The summed E-state index contributed by atoms with van der Waals surface area (Å²) in [6, 6.07) is 14.8. The molecule has 0 unspecified atom stereocenters. The predicted octanol–water partition coefficient (Wildman–Crippen LogP) is 4.64. The van der Waals surface area contributed by atoms with Gasteiger partial charge in [0.05, 0.1) is 5.52 Å².